The van der Waals surface area contributed by atoms with E-state index in [1.807, 2.05) is 18.5 Å². The molecule has 0 bridgehead atoms. The molecule has 2 saturated heterocycles. The molecule has 0 aliphatic carbocycles. The zero-order valence-corrected chi connectivity index (χ0v) is 13.0. The summed E-state index contributed by atoms with van der Waals surface area (Å²) in [4.78, 5) is 20.3. The van der Waals surface area contributed by atoms with Crippen molar-refractivity contribution in [2.45, 2.75) is 38.3 Å². The molecule has 120 valence electrons. The molecule has 5 nitrogen and oxygen atoms in total. The Kier molecular flexibility index (Phi) is 5.05. The highest BCUT2D eigenvalue weighted by Gasteiger charge is 2.31. The second-order valence-electron chi connectivity index (χ2n) is 6.54. The maximum atomic E-state index is 11.2. The third-order valence-electron chi connectivity index (χ3n) is 5.00. The van der Waals surface area contributed by atoms with E-state index >= 15 is 0 Å². The van der Waals surface area contributed by atoms with Crippen molar-refractivity contribution in [2.75, 3.05) is 26.2 Å². The summed E-state index contributed by atoms with van der Waals surface area (Å²) in [6.07, 6.45) is 7.90. The molecule has 0 amide bonds. The second kappa shape index (κ2) is 7.20. The number of nitrogens with zero attached hydrogens (tertiary/aromatic N) is 3. The minimum absolute atomic E-state index is 0.165. The van der Waals surface area contributed by atoms with Gasteiger partial charge in [-0.25, -0.2) is 0 Å². The molecule has 0 radical (unpaired) electrons. The number of carbonyl (C=O) groups is 1. The van der Waals surface area contributed by atoms with Crippen LogP contribution in [0.4, 0.5) is 0 Å². The zero-order chi connectivity index (χ0) is 15.4. The van der Waals surface area contributed by atoms with Crippen LogP contribution < -0.4 is 0 Å². The van der Waals surface area contributed by atoms with Crippen LogP contribution in [0.15, 0.2) is 24.5 Å². The van der Waals surface area contributed by atoms with Crippen molar-refractivity contribution in [1.29, 1.82) is 0 Å². The van der Waals surface area contributed by atoms with Gasteiger partial charge in [-0.1, -0.05) is 6.07 Å². The van der Waals surface area contributed by atoms with Crippen LogP contribution in [0, 0.1) is 5.92 Å². The van der Waals surface area contributed by atoms with Crippen molar-refractivity contribution in [2.24, 2.45) is 5.92 Å². The van der Waals surface area contributed by atoms with Crippen LogP contribution in [0.25, 0.3) is 0 Å². The average molecular weight is 303 g/mol. The van der Waals surface area contributed by atoms with Crippen molar-refractivity contribution in [3.63, 3.8) is 0 Å². The van der Waals surface area contributed by atoms with Crippen molar-refractivity contribution >= 4 is 5.97 Å². The molecular formula is C17H25N3O2. The van der Waals surface area contributed by atoms with Gasteiger partial charge in [0.1, 0.15) is 0 Å². The minimum Gasteiger partial charge on any atom is -0.481 e. The fraction of sp³-hybridized carbons (Fsp3) is 0.647. The summed E-state index contributed by atoms with van der Waals surface area (Å²) < 4.78 is 0. The summed E-state index contributed by atoms with van der Waals surface area (Å²) in [5.41, 5.74) is 1.27. The lowest BCUT2D eigenvalue weighted by Crippen LogP contribution is -2.49. The number of carboxylic acid groups (broad SMARTS) is 1. The molecule has 2 fully saturated rings. The van der Waals surface area contributed by atoms with E-state index in [-0.39, 0.29) is 5.92 Å². The van der Waals surface area contributed by atoms with Crippen molar-refractivity contribution in [3.8, 4) is 0 Å². The molecule has 22 heavy (non-hydrogen) atoms. The summed E-state index contributed by atoms with van der Waals surface area (Å²) in [5.74, 6) is -0.791. The minimum atomic E-state index is -0.626. The topological polar surface area (TPSA) is 56.7 Å². The van der Waals surface area contributed by atoms with Gasteiger partial charge in [-0.05, 0) is 56.9 Å². The molecule has 0 spiro atoms. The third kappa shape index (κ3) is 3.84. The summed E-state index contributed by atoms with van der Waals surface area (Å²) in [6, 6.07) is 4.68. The lowest BCUT2D eigenvalue weighted by molar-refractivity contribution is -0.144. The quantitative estimate of drug-likeness (QED) is 0.920. The highest BCUT2D eigenvalue weighted by Crippen LogP contribution is 2.24. The molecule has 3 rings (SSSR count). The number of aliphatic carboxylic acids is 1. The molecular weight excluding hydrogens is 278 g/mol. The molecule has 5 heteroatoms. The van der Waals surface area contributed by atoms with Crippen LogP contribution in [-0.4, -0.2) is 58.1 Å². The molecule has 1 aromatic rings. The number of hydrogen-bond donors (Lipinski definition) is 1. The van der Waals surface area contributed by atoms with E-state index < -0.39 is 5.97 Å². The van der Waals surface area contributed by atoms with Crippen LogP contribution in [0.3, 0.4) is 0 Å². The molecule has 1 N–H and O–H groups in total. The summed E-state index contributed by atoms with van der Waals surface area (Å²) in [5, 5.41) is 9.22. The van der Waals surface area contributed by atoms with Crippen LogP contribution in [-0.2, 0) is 11.3 Å². The Bertz CT molecular complexity index is 486. The van der Waals surface area contributed by atoms with Gasteiger partial charge in [-0.2, -0.15) is 0 Å². The largest absolute Gasteiger partial charge is 0.481 e. The van der Waals surface area contributed by atoms with Crippen LogP contribution >= 0.6 is 0 Å². The first-order chi connectivity index (χ1) is 10.7. The van der Waals surface area contributed by atoms with Crippen LogP contribution in [0.2, 0.25) is 0 Å². The maximum Gasteiger partial charge on any atom is 0.307 e. The molecule has 0 unspecified atom stereocenters. The first kappa shape index (κ1) is 15.4. The van der Waals surface area contributed by atoms with Gasteiger partial charge >= 0.3 is 5.97 Å². The normalized spacial score (nSPS) is 25.2. The number of pyridine rings is 1. The first-order valence-corrected chi connectivity index (χ1v) is 8.30. The molecule has 2 aliphatic rings. The Morgan fingerprint density at radius 2 is 2.09 bits per heavy atom. The Morgan fingerprint density at radius 1 is 1.27 bits per heavy atom. The van der Waals surface area contributed by atoms with Gasteiger partial charge in [0, 0.05) is 31.5 Å². The van der Waals surface area contributed by atoms with Gasteiger partial charge in [0.2, 0.25) is 0 Å². The molecule has 3 heterocycles. The molecule has 2 aliphatic heterocycles. The van der Waals surface area contributed by atoms with E-state index in [1.54, 1.807) is 0 Å². The lowest BCUT2D eigenvalue weighted by atomic mass is 9.94. The van der Waals surface area contributed by atoms with Crippen molar-refractivity contribution in [3.05, 3.63) is 30.1 Å². The smallest absolute Gasteiger partial charge is 0.307 e. The van der Waals surface area contributed by atoms with E-state index in [9.17, 15) is 9.90 Å². The van der Waals surface area contributed by atoms with Crippen molar-refractivity contribution in [1.82, 2.24) is 14.8 Å². The summed E-state index contributed by atoms with van der Waals surface area (Å²) >= 11 is 0. The van der Waals surface area contributed by atoms with Gasteiger partial charge in [-0.15, -0.1) is 0 Å². The molecule has 0 aromatic carbocycles. The number of aromatic nitrogens is 1. The predicted molar refractivity (Wildman–Crippen MR) is 84.5 cm³/mol. The zero-order valence-electron chi connectivity index (χ0n) is 13.0. The molecule has 1 atom stereocenters. The monoisotopic (exact) mass is 303 g/mol. The number of hydrogen-bond acceptors (Lipinski definition) is 4. The van der Waals surface area contributed by atoms with E-state index in [4.69, 9.17) is 0 Å². The van der Waals surface area contributed by atoms with Crippen molar-refractivity contribution < 1.29 is 9.90 Å². The standard InChI is InChI=1S/C17H25N3O2/c21-17(22)15-4-2-8-20(13-15)16-5-9-19(10-6-16)12-14-3-1-7-18-11-14/h1,3,7,11,15-16H,2,4-6,8-10,12-13H2,(H,21,22)/t15-/m1/s1. The Hall–Kier alpha value is -1.46. The van der Waals surface area contributed by atoms with Crippen LogP contribution in [0.1, 0.15) is 31.2 Å². The highest BCUT2D eigenvalue weighted by atomic mass is 16.4. The average Bonchev–Trinajstić information content (AvgIpc) is 2.56. The number of piperidine rings is 2. The maximum absolute atomic E-state index is 11.2. The number of rotatable bonds is 4. The highest BCUT2D eigenvalue weighted by molar-refractivity contribution is 5.70. The van der Waals surface area contributed by atoms with Gasteiger partial charge in [0.25, 0.3) is 0 Å². The van der Waals surface area contributed by atoms with E-state index in [1.165, 1.54) is 5.56 Å². The summed E-state index contributed by atoms with van der Waals surface area (Å²) in [6.45, 7) is 4.96. The lowest BCUT2D eigenvalue weighted by Gasteiger charge is -2.41. The fourth-order valence-electron chi connectivity index (χ4n) is 3.73. The van der Waals surface area contributed by atoms with Gasteiger partial charge in [0.15, 0.2) is 0 Å². The van der Waals surface area contributed by atoms with Crippen LogP contribution in [0.5, 0.6) is 0 Å². The molecule has 1 aromatic heterocycles. The Labute approximate surface area is 131 Å². The van der Waals surface area contributed by atoms with Gasteiger partial charge < -0.3 is 5.11 Å². The predicted octanol–water partition coefficient (Wildman–Crippen LogP) is 1.84. The fourth-order valence-corrected chi connectivity index (χ4v) is 3.73. The SMILES string of the molecule is O=C(O)[C@@H]1CCCN(C2CCN(Cc3cccnc3)CC2)C1. The van der Waals surface area contributed by atoms with E-state index in [0.29, 0.717) is 6.04 Å². The molecule has 0 saturated carbocycles. The Morgan fingerprint density at radius 3 is 2.77 bits per heavy atom. The Balaban J connectivity index is 1.48. The second-order valence-corrected chi connectivity index (χ2v) is 6.54. The van der Waals surface area contributed by atoms with E-state index in [2.05, 4.69) is 20.9 Å². The first-order valence-electron chi connectivity index (χ1n) is 8.30. The number of likely N-dealkylation sites (tertiary alicyclic amines) is 2. The van der Waals surface area contributed by atoms with Gasteiger partial charge in [-0.3, -0.25) is 19.6 Å². The van der Waals surface area contributed by atoms with E-state index in [0.717, 1.165) is 58.4 Å². The number of carboxylic acids is 1. The van der Waals surface area contributed by atoms with Gasteiger partial charge in [0.05, 0.1) is 5.92 Å². The third-order valence-corrected chi connectivity index (χ3v) is 5.00. The summed E-state index contributed by atoms with van der Waals surface area (Å²) in [7, 11) is 0.